The first-order valence-corrected chi connectivity index (χ1v) is 12.7. The molecule has 160 valence electrons. The van der Waals surface area contributed by atoms with Crippen molar-refractivity contribution in [2.75, 3.05) is 4.90 Å². The van der Waals surface area contributed by atoms with Crippen molar-refractivity contribution in [3.63, 3.8) is 0 Å². The van der Waals surface area contributed by atoms with Crippen molar-refractivity contribution in [1.29, 1.82) is 0 Å². The van der Waals surface area contributed by atoms with Gasteiger partial charge in [-0.25, -0.2) is 4.98 Å². The summed E-state index contributed by atoms with van der Waals surface area (Å²) in [6.45, 7) is 0. The Kier molecular flexibility index (Phi) is 5.08. The van der Waals surface area contributed by atoms with E-state index in [-0.39, 0.29) is 12.1 Å². The van der Waals surface area contributed by atoms with Crippen molar-refractivity contribution in [2.24, 2.45) is 4.99 Å². The van der Waals surface area contributed by atoms with Crippen LogP contribution in [0, 0.1) is 0 Å². The van der Waals surface area contributed by atoms with Gasteiger partial charge in [-0.1, -0.05) is 24.3 Å². The number of nitrogens with zero attached hydrogens (tertiary/aromatic N) is 3. The average molecular weight is 522 g/mol. The minimum absolute atomic E-state index is 0.0896. The summed E-state index contributed by atoms with van der Waals surface area (Å²) in [6, 6.07) is 17.1. The summed E-state index contributed by atoms with van der Waals surface area (Å²) in [6.07, 6.45) is 5.05. The molecule has 0 bridgehead atoms. The lowest BCUT2D eigenvalue weighted by Crippen LogP contribution is -2.29. The number of nitrogens with one attached hydrogen (secondary N) is 2. The molecule has 1 fully saturated rings. The third kappa shape index (κ3) is 3.46. The van der Waals surface area contributed by atoms with Crippen molar-refractivity contribution in [3.05, 3.63) is 80.7 Å². The van der Waals surface area contributed by atoms with Gasteiger partial charge in [0.25, 0.3) is 0 Å². The average Bonchev–Trinajstić information content (AvgIpc) is 3.52. The van der Waals surface area contributed by atoms with Gasteiger partial charge in [0, 0.05) is 20.4 Å². The Bertz CT molecular complexity index is 1360. The molecule has 0 radical (unpaired) electrons. The molecule has 0 spiro atoms. The highest BCUT2D eigenvalue weighted by Crippen LogP contribution is 2.39. The molecule has 2 unspecified atom stereocenters. The van der Waals surface area contributed by atoms with Gasteiger partial charge in [-0.3, -0.25) is 4.99 Å². The Labute approximate surface area is 203 Å². The van der Waals surface area contributed by atoms with Crippen LogP contribution in [0.3, 0.4) is 0 Å². The van der Waals surface area contributed by atoms with E-state index in [0.717, 1.165) is 46.3 Å². The van der Waals surface area contributed by atoms with Gasteiger partial charge in [-0.15, -0.1) is 11.3 Å². The zero-order valence-electron chi connectivity index (χ0n) is 17.1. The van der Waals surface area contributed by atoms with E-state index < -0.39 is 0 Å². The summed E-state index contributed by atoms with van der Waals surface area (Å²) in [5.41, 5.74) is 5.69. The maximum atomic E-state index is 5.83. The molecule has 6 rings (SSSR count). The van der Waals surface area contributed by atoms with E-state index >= 15 is 0 Å². The molecule has 8 heteroatoms. The van der Waals surface area contributed by atoms with E-state index in [1.807, 2.05) is 6.07 Å². The van der Waals surface area contributed by atoms with E-state index in [1.165, 1.54) is 16.0 Å². The van der Waals surface area contributed by atoms with E-state index in [0.29, 0.717) is 5.11 Å². The third-order valence-electron chi connectivity index (χ3n) is 6.14. The number of imidazole rings is 1. The molecular formula is C24H20BrN5S2. The van der Waals surface area contributed by atoms with Crippen molar-refractivity contribution in [2.45, 2.75) is 31.3 Å². The molecular weight excluding hydrogens is 502 g/mol. The van der Waals surface area contributed by atoms with Crippen LogP contribution in [0.1, 0.15) is 40.9 Å². The molecule has 0 amide bonds. The number of amidine groups is 1. The quantitative estimate of drug-likeness (QED) is 0.310. The second-order valence-corrected chi connectivity index (χ2v) is 10.3. The number of hydrogen-bond acceptors (Lipinski definition) is 4. The number of benzene rings is 2. The maximum absolute atomic E-state index is 5.83. The first kappa shape index (κ1) is 20.1. The van der Waals surface area contributed by atoms with E-state index in [1.54, 1.807) is 17.7 Å². The zero-order valence-corrected chi connectivity index (χ0v) is 20.3. The minimum atomic E-state index is -0.0896. The number of hydrogen-bond donors (Lipinski definition) is 2. The first-order valence-electron chi connectivity index (χ1n) is 10.6. The predicted molar refractivity (Wildman–Crippen MR) is 139 cm³/mol. The van der Waals surface area contributed by atoms with Crippen molar-refractivity contribution in [3.8, 4) is 0 Å². The Hall–Kier alpha value is -2.55. The summed E-state index contributed by atoms with van der Waals surface area (Å²) < 4.78 is 1.07. The van der Waals surface area contributed by atoms with Gasteiger partial charge in [0.05, 0.1) is 23.4 Å². The minimum Gasteiger partial charge on any atom is -0.345 e. The number of thiocarbonyl (C=S) groups is 1. The molecule has 4 aromatic rings. The summed E-state index contributed by atoms with van der Waals surface area (Å²) in [7, 11) is 0. The SMILES string of the molecule is S=C1NC(=NC2CCCc3ccccc32)C(c2cc(Br)cs2)N1c1ccc2nc[nH]c2c1. The highest BCUT2D eigenvalue weighted by atomic mass is 79.9. The lowest BCUT2D eigenvalue weighted by atomic mass is 9.88. The number of aryl methyl sites for hydroxylation is 1. The molecule has 2 aliphatic rings. The fourth-order valence-corrected chi connectivity index (χ4v) is 6.54. The molecule has 2 atom stereocenters. The lowest BCUT2D eigenvalue weighted by Gasteiger charge is -2.26. The molecule has 3 heterocycles. The van der Waals surface area contributed by atoms with Gasteiger partial charge < -0.3 is 15.2 Å². The summed E-state index contributed by atoms with van der Waals surface area (Å²) in [5, 5.41) is 6.23. The van der Waals surface area contributed by atoms with Gasteiger partial charge in [-0.05, 0) is 82.8 Å². The number of aromatic amines is 1. The smallest absolute Gasteiger partial charge is 0.179 e. The van der Waals surface area contributed by atoms with Crippen LogP contribution in [0.5, 0.6) is 0 Å². The van der Waals surface area contributed by atoms with Crippen LogP contribution in [0.25, 0.3) is 11.0 Å². The molecule has 0 saturated carbocycles. The van der Waals surface area contributed by atoms with Crippen LogP contribution in [0.2, 0.25) is 0 Å². The molecule has 32 heavy (non-hydrogen) atoms. The first-order chi connectivity index (χ1) is 15.7. The summed E-state index contributed by atoms with van der Waals surface area (Å²) in [5.74, 6) is 0.913. The number of fused-ring (bicyclic) bond motifs is 2. The Balaban J connectivity index is 1.45. The van der Waals surface area contributed by atoms with Gasteiger partial charge in [0.1, 0.15) is 11.9 Å². The molecule has 2 N–H and O–H groups in total. The van der Waals surface area contributed by atoms with E-state index in [4.69, 9.17) is 17.2 Å². The number of H-pyrrole nitrogens is 1. The van der Waals surface area contributed by atoms with Crippen LogP contribution in [0.4, 0.5) is 5.69 Å². The normalized spacial score (nSPS) is 21.8. The van der Waals surface area contributed by atoms with Crippen molar-refractivity contribution in [1.82, 2.24) is 15.3 Å². The highest BCUT2D eigenvalue weighted by Gasteiger charge is 2.38. The van der Waals surface area contributed by atoms with Crippen LogP contribution in [0.15, 0.2) is 69.7 Å². The number of halogens is 1. The topological polar surface area (TPSA) is 56.3 Å². The van der Waals surface area contributed by atoms with Gasteiger partial charge >= 0.3 is 0 Å². The fourth-order valence-electron chi connectivity index (χ4n) is 4.68. The number of anilines is 1. The predicted octanol–water partition coefficient (Wildman–Crippen LogP) is 6.30. The number of rotatable bonds is 3. The lowest BCUT2D eigenvalue weighted by molar-refractivity contribution is 0.570. The second-order valence-electron chi connectivity index (χ2n) is 8.10. The van der Waals surface area contributed by atoms with Crippen LogP contribution < -0.4 is 10.2 Å². The van der Waals surface area contributed by atoms with Crippen LogP contribution >= 0.6 is 39.5 Å². The highest BCUT2D eigenvalue weighted by molar-refractivity contribution is 9.10. The second kappa shape index (κ2) is 8.10. The van der Waals surface area contributed by atoms with Crippen molar-refractivity contribution >= 4 is 67.2 Å². The Morgan fingerprint density at radius 2 is 2.09 bits per heavy atom. The van der Waals surface area contributed by atoms with Gasteiger partial charge in [-0.2, -0.15) is 0 Å². The van der Waals surface area contributed by atoms with Gasteiger partial charge in [0.2, 0.25) is 0 Å². The molecule has 1 aliphatic heterocycles. The Morgan fingerprint density at radius 1 is 1.19 bits per heavy atom. The fraction of sp³-hybridized carbons (Fsp3) is 0.208. The van der Waals surface area contributed by atoms with Gasteiger partial charge in [0.15, 0.2) is 5.11 Å². The number of thiophene rings is 1. The third-order valence-corrected chi connectivity index (χ3v) is 8.19. The van der Waals surface area contributed by atoms with Crippen LogP contribution in [-0.4, -0.2) is 20.9 Å². The van der Waals surface area contributed by atoms with E-state index in [9.17, 15) is 0 Å². The molecule has 2 aromatic carbocycles. The number of aliphatic imine (C=N–C) groups is 1. The molecule has 1 saturated heterocycles. The molecule has 2 aromatic heterocycles. The van der Waals surface area contributed by atoms with Crippen molar-refractivity contribution < 1.29 is 0 Å². The van der Waals surface area contributed by atoms with Crippen LogP contribution in [-0.2, 0) is 6.42 Å². The number of aromatic nitrogens is 2. The maximum Gasteiger partial charge on any atom is 0.179 e. The Morgan fingerprint density at radius 3 is 2.97 bits per heavy atom. The molecule has 5 nitrogen and oxygen atoms in total. The standard InChI is InChI=1S/C24H20BrN5S2/c25-15-10-21(32-12-15)22-23(28-18-7-3-5-14-4-1-2-6-17(14)18)29-24(31)30(22)16-8-9-19-20(11-16)27-13-26-19/h1-2,4,6,8-13,18,22H,3,5,7H2,(H,26,27)(H,28,29,31). The summed E-state index contributed by atoms with van der Waals surface area (Å²) in [4.78, 5) is 16.2. The summed E-state index contributed by atoms with van der Waals surface area (Å²) >= 11 is 11.2. The largest absolute Gasteiger partial charge is 0.345 e. The monoisotopic (exact) mass is 521 g/mol. The molecule has 1 aliphatic carbocycles. The van der Waals surface area contributed by atoms with E-state index in [2.05, 4.69) is 84.0 Å². The zero-order chi connectivity index (χ0) is 21.7.